The third-order valence-electron chi connectivity index (χ3n) is 5.02. The van der Waals surface area contributed by atoms with Crippen LogP contribution in [0.1, 0.15) is 24.0 Å². The molecular weight excluding hydrogens is 368 g/mol. The van der Waals surface area contributed by atoms with Crippen LogP contribution in [0.3, 0.4) is 0 Å². The highest BCUT2D eigenvalue weighted by atomic mass is 35.5. The third kappa shape index (κ3) is 3.37. The van der Waals surface area contributed by atoms with Gasteiger partial charge in [0.2, 0.25) is 0 Å². The summed E-state index contributed by atoms with van der Waals surface area (Å²) < 4.78 is 1.08. The van der Waals surface area contributed by atoms with Gasteiger partial charge in [-0.05, 0) is 67.9 Å². The van der Waals surface area contributed by atoms with Crippen molar-refractivity contribution in [2.45, 2.75) is 32.7 Å². The van der Waals surface area contributed by atoms with E-state index in [1.54, 1.807) is 11.3 Å². The molecule has 2 aromatic heterocycles. The number of thiophene rings is 1. The second kappa shape index (κ2) is 7.78. The van der Waals surface area contributed by atoms with Crippen LogP contribution in [-0.2, 0) is 0 Å². The van der Waals surface area contributed by atoms with E-state index in [2.05, 4.69) is 27.8 Å². The normalized spacial score (nSPS) is 17.1. The van der Waals surface area contributed by atoms with Gasteiger partial charge in [0.15, 0.2) is 5.82 Å². The van der Waals surface area contributed by atoms with Gasteiger partial charge in [0.05, 0.1) is 5.69 Å². The van der Waals surface area contributed by atoms with Gasteiger partial charge in [-0.15, -0.1) is 33.9 Å². The van der Waals surface area contributed by atoms with E-state index in [1.807, 2.05) is 30.5 Å². The number of nitrogens with one attached hydrogen (secondary N) is 2. The molecule has 0 aliphatic carbocycles. The Morgan fingerprint density at radius 3 is 2.81 bits per heavy atom. The maximum Gasteiger partial charge on any atom is 0.152 e. The highest BCUT2D eigenvalue weighted by Gasteiger charge is 2.19. The Bertz CT molecular complexity index is 921. The van der Waals surface area contributed by atoms with E-state index < -0.39 is 0 Å². The zero-order valence-electron chi connectivity index (χ0n) is 14.9. The highest BCUT2D eigenvalue weighted by Crippen LogP contribution is 2.39. The predicted molar refractivity (Wildman–Crippen MR) is 111 cm³/mol. The van der Waals surface area contributed by atoms with E-state index in [4.69, 9.17) is 0 Å². The number of piperidine rings is 1. The molecular formula is C19H23ClN4OS. The monoisotopic (exact) mass is 390 g/mol. The number of halogens is 1. The van der Waals surface area contributed by atoms with Crippen molar-refractivity contribution in [2.75, 3.05) is 18.4 Å². The van der Waals surface area contributed by atoms with Crippen molar-refractivity contribution in [1.29, 1.82) is 0 Å². The molecule has 0 bridgehead atoms. The number of benzene rings is 1. The smallest absolute Gasteiger partial charge is 0.152 e. The van der Waals surface area contributed by atoms with Crippen molar-refractivity contribution in [3.8, 4) is 17.0 Å². The molecule has 1 saturated heterocycles. The zero-order valence-corrected chi connectivity index (χ0v) is 16.5. The summed E-state index contributed by atoms with van der Waals surface area (Å²) in [5.74, 6) is 1.12. The number of phenols is 1. The number of rotatable bonds is 3. The Morgan fingerprint density at radius 2 is 2.04 bits per heavy atom. The zero-order chi connectivity index (χ0) is 17.4. The molecule has 0 amide bonds. The molecule has 1 aromatic carbocycles. The minimum absolute atomic E-state index is 0. The maximum atomic E-state index is 10.7. The molecule has 0 spiro atoms. The third-order valence-corrected chi connectivity index (χ3v) is 5.90. The molecule has 1 aliphatic rings. The lowest BCUT2D eigenvalue weighted by Crippen LogP contribution is -2.38. The van der Waals surface area contributed by atoms with Crippen molar-refractivity contribution >= 4 is 39.6 Å². The Labute approximate surface area is 163 Å². The van der Waals surface area contributed by atoms with Gasteiger partial charge in [-0.2, -0.15) is 0 Å². The Hall–Kier alpha value is -1.89. The van der Waals surface area contributed by atoms with Crippen LogP contribution in [0.5, 0.6) is 5.75 Å². The fourth-order valence-electron chi connectivity index (χ4n) is 3.39. The van der Waals surface area contributed by atoms with Crippen molar-refractivity contribution in [3.63, 3.8) is 0 Å². The minimum atomic E-state index is 0. The van der Waals surface area contributed by atoms with Crippen LogP contribution in [0.25, 0.3) is 21.3 Å². The van der Waals surface area contributed by atoms with Crippen molar-refractivity contribution < 1.29 is 5.11 Å². The summed E-state index contributed by atoms with van der Waals surface area (Å²) in [5.41, 5.74) is 3.62. The number of aromatic nitrogens is 2. The summed E-state index contributed by atoms with van der Waals surface area (Å²) in [6.45, 7) is 6.15. The number of hydrogen-bond acceptors (Lipinski definition) is 6. The number of phenolic OH excluding ortho intramolecular Hbond substituents is 1. The first kappa shape index (κ1) is 18.9. The van der Waals surface area contributed by atoms with Gasteiger partial charge in [0.1, 0.15) is 5.75 Å². The molecule has 7 heteroatoms. The molecule has 0 saturated carbocycles. The van der Waals surface area contributed by atoms with E-state index in [-0.39, 0.29) is 18.2 Å². The Kier molecular flexibility index (Phi) is 5.65. The first-order chi connectivity index (χ1) is 12.1. The average molecular weight is 391 g/mol. The van der Waals surface area contributed by atoms with Gasteiger partial charge in [-0.1, -0.05) is 0 Å². The van der Waals surface area contributed by atoms with Crippen LogP contribution in [0.2, 0.25) is 0 Å². The van der Waals surface area contributed by atoms with Crippen LogP contribution < -0.4 is 10.6 Å². The second-order valence-corrected chi connectivity index (χ2v) is 7.58. The average Bonchev–Trinajstić information content (AvgIpc) is 3.11. The molecule has 0 radical (unpaired) electrons. The standard InChI is InChI=1S/C19H22N4OS.ClH/c1-11-12(2)19(21-13-4-3-8-20-10-13)23-22-17(11)15-5-6-16-14(18(15)24)7-9-25-16;/h5-7,9,13,20,24H,3-4,8,10H2,1-2H3,(H,21,23);1H/t13-;/m1./s1. The van der Waals surface area contributed by atoms with Crippen LogP contribution in [0, 0.1) is 13.8 Å². The van der Waals surface area contributed by atoms with Gasteiger partial charge < -0.3 is 15.7 Å². The predicted octanol–water partition coefficient (Wildman–Crippen LogP) is 4.27. The van der Waals surface area contributed by atoms with Gasteiger partial charge >= 0.3 is 0 Å². The summed E-state index contributed by atoms with van der Waals surface area (Å²) in [6.07, 6.45) is 2.32. The minimum Gasteiger partial charge on any atom is -0.507 e. The molecule has 4 rings (SSSR count). The molecule has 3 heterocycles. The van der Waals surface area contributed by atoms with Gasteiger partial charge in [-0.25, -0.2) is 0 Å². The number of aromatic hydroxyl groups is 1. The van der Waals surface area contributed by atoms with E-state index in [1.165, 1.54) is 6.42 Å². The lowest BCUT2D eigenvalue weighted by molar-refractivity contribution is 0.478. The molecule has 3 N–H and O–H groups in total. The lowest BCUT2D eigenvalue weighted by Gasteiger charge is -2.25. The van der Waals surface area contributed by atoms with Crippen molar-refractivity contribution in [2.24, 2.45) is 0 Å². The first-order valence-electron chi connectivity index (χ1n) is 8.66. The van der Waals surface area contributed by atoms with E-state index >= 15 is 0 Å². The summed E-state index contributed by atoms with van der Waals surface area (Å²) >= 11 is 1.62. The van der Waals surface area contributed by atoms with E-state index in [0.29, 0.717) is 6.04 Å². The molecule has 1 fully saturated rings. The summed E-state index contributed by atoms with van der Waals surface area (Å²) in [6, 6.07) is 6.30. The molecule has 5 nitrogen and oxygen atoms in total. The Morgan fingerprint density at radius 1 is 1.19 bits per heavy atom. The number of nitrogens with zero attached hydrogens (tertiary/aromatic N) is 2. The molecule has 0 unspecified atom stereocenters. The molecule has 1 aliphatic heterocycles. The summed E-state index contributed by atoms with van der Waals surface area (Å²) in [5, 5.41) is 29.3. The molecule has 138 valence electrons. The van der Waals surface area contributed by atoms with E-state index in [0.717, 1.165) is 57.8 Å². The number of fused-ring (bicyclic) bond motifs is 1. The maximum absolute atomic E-state index is 10.7. The highest BCUT2D eigenvalue weighted by molar-refractivity contribution is 7.17. The quantitative estimate of drug-likeness (QED) is 0.623. The lowest BCUT2D eigenvalue weighted by atomic mass is 10.0. The van der Waals surface area contributed by atoms with Gasteiger partial charge in [0.25, 0.3) is 0 Å². The SMILES string of the molecule is Cc1c(N[C@@H]2CCCNC2)nnc(-c2ccc3sccc3c2O)c1C.Cl. The second-order valence-electron chi connectivity index (χ2n) is 6.63. The molecule has 1 atom stereocenters. The largest absolute Gasteiger partial charge is 0.507 e. The Balaban J connectivity index is 0.00000196. The van der Waals surface area contributed by atoms with Crippen LogP contribution in [0.4, 0.5) is 5.82 Å². The summed E-state index contributed by atoms with van der Waals surface area (Å²) in [4.78, 5) is 0. The summed E-state index contributed by atoms with van der Waals surface area (Å²) in [7, 11) is 0. The number of anilines is 1. The first-order valence-corrected chi connectivity index (χ1v) is 9.54. The fourth-order valence-corrected chi connectivity index (χ4v) is 4.18. The van der Waals surface area contributed by atoms with E-state index in [9.17, 15) is 5.11 Å². The number of hydrogen-bond donors (Lipinski definition) is 3. The molecule has 3 aromatic rings. The van der Waals surface area contributed by atoms with Crippen molar-refractivity contribution in [3.05, 3.63) is 34.7 Å². The van der Waals surface area contributed by atoms with Crippen LogP contribution in [0.15, 0.2) is 23.6 Å². The van der Waals surface area contributed by atoms with Crippen molar-refractivity contribution in [1.82, 2.24) is 15.5 Å². The topological polar surface area (TPSA) is 70.1 Å². The van der Waals surface area contributed by atoms with Crippen LogP contribution >= 0.6 is 23.7 Å². The fraction of sp³-hybridized carbons (Fsp3) is 0.368. The van der Waals surface area contributed by atoms with Gasteiger partial charge in [-0.3, -0.25) is 0 Å². The molecule has 26 heavy (non-hydrogen) atoms. The van der Waals surface area contributed by atoms with Gasteiger partial charge in [0, 0.05) is 28.2 Å². The van der Waals surface area contributed by atoms with Crippen LogP contribution in [-0.4, -0.2) is 34.4 Å².